The summed E-state index contributed by atoms with van der Waals surface area (Å²) in [7, 11) is 1.31. The number of hydrogen-bond donors (Lipinski definition) is 0. The van der Waals surface area contributed by atoms with E-state index in [0.29, 0.717) is 54.5 Å². The van der Waals surface area contributed by atoms with Crippen LogP contribution in [0.5, 0.6) is 5.75 Å². The van der Waals surface area contributed by atoms with Gasteiger partial charge in [0.2, 0.25) is 0 Å². The third-order valence-electron chi connectivity index (χ3n) is 6.60. The Morgan fingerprint density at radius 1 is 1.15 bits per heavy atom. The molecule has 1 atom stereocenters. The van der Waals surface area contributed by atoms with Crippen LogP contribution >= 0.6 is 34.5 Å². The van der Waals surface area contributed by atoms with Crippen molar-refractivity contribution in [3.8, 4) is 11.8 Å². The van der Waals surface area contributed by atoms with Crippen LogP contribution in [0.4, 0.5) is 0 Å². The molecular formula is C31H23Cl2N3O4S. The molecule has 0 radical (unpaired) electrons. The molecule has 0 bridgehead atoms. The van der Waals surface area contributed by atoms with Gasteiger partial charge in [0.1, 0.15) is 12.4 Å². The summed E-state index contributed by atoms with van der Waals surface area (Å²) in [5.74, 6) is -0.220. The molecule has 1 aliphatic rings. The highest BCUT2D eigenvalue weighted by Crippen LogP contribution is 2.34. The summed E-state index contributed by atoms with van der Waals surface area (Å²) >= 11 is 14.1. The highest BCUT2D eigenvalue weighted by molar-refractivity contribution is 7.07. The lowest BCUT2D eigenvalue weighted by molar-refractivity contribution is -0.136. The van der Waals surface area contributed by atoms with Crippen molar-refractivity contribution in [1.82, 2.24) is 4.57 Å². The minimum absolute atomic E-state index is 0.0868. The molecule has 206 valence electrons. The summed E-state index contributed by atoms with van der Waals surface area (Å²) in [6.45, 7) is 1.99. The van der Waals surface area contributed by atoms with Gasteiger partial charge in [-0.3, -0.25) is 9.36 Å². The van der Waals surface area contributed by atoms with Gasteiger partial charge in [0, 0.05) is 16.1 Å². The second-order valence-electron chi connectivity index (χ2n) is 9.06. The number of carbonyl (C=O) groups excluding carboxylic acids is 1. The maximum atomic E-state index is 14.0. The number of halogens is 2. The van der Waals surface area contributed by atoms with Crippen molar-refractivity contribution in [2.45, 2.75) is 26.0 Å². The summed E-state index contributed by atoms with van der Waals surface area (Å²) in [4.78, 5) is 32.1. The second-order valence-corrected chi connectivity index (χ2v) is 10.9. The number of rotatable bonds is 7. The Morgan fingerprint density at radius 3 is 2.59 bits per heavy atom. The average molecular weight is 605 g/mol. The Hall–Kier alpha value is -4.16. The lowest BCUT2D eigenvalue weighted by atomic mass is 9.95. The van der Waals surface area contributed by atoms with Crippen LogP contribution in [0, 0.1) is 11.3 Å². The van der Waals surface area contributed by atoms with Gasteiger partial charge in [-0.15, -0.1) is 0 Å². The summed E-state index contributed by atoms with van der Waals surface area (Å²) in [5.41, 5.74) is 2.97. The Kier molecular flexibility index (Phi) is 8.41. The van der Waals surface area contributed by atoms with Gasteiger partial charge in [0.05, 0.1) is 45.6 Å². The largest absolute Gasteiger partial charge is 0.487 e. The topological polar surface area (TPSA) is 93.7 Å². The van der Waals surface area contributed by atoms with E-state index in [1.807, 2.05) is 43.3 Å². The molecule has 4 aromatic rings. The molecule has 0 unspecified atom stereocenters. The Bertz CT molecular complexity index is 1910. The number of nitrogens with zero attached hydrogens (tertiary/aromatic N) is 3. The summed E-state index contributed by atoms with van der Waals surface area (Å²) in [6, 6.07) is 21.1. The quantitative estimate of drug-likeness (QED) is 0.258. The van der Waals surface area contributed by atoms with E-state index in [0.717, 1.165) is 5.56 Å². The van der Waals surface area contributed by atoms with Crippen LogP contribution < -0.4 is 19.6 Å². The summed E-state index contributed by atoms with van der Waals surface area (Å²) in [5, 5.41) is 10.1. The van der Waals surface area contributed by atoms with Crippen LogP contribution in [0.3, 0.4) is 0 Å². The Balaban J connectivity index is 1.67. The highest BCUT2D eigenvalue weighted by atomic mass is 35.5. The van der Waals surface area contributed by atoms with Crippen LogP contribution in [0.25, 0.3) is 6.08 Å². The van der Waals surface area contributed by atoms with Crippen molar-refractivity contribution in [1.29, 1.82) is 5.26 Å². The molecule has 0 aliphatic carbocycles. The average Bonchev–Trinajstić information content (AvgIpc) is 3.29. The first-order valence-corrected chi connectivity index (χ1v) is 14.2. The number of thiazole rings is 1. The minimum Gasteiger partial charge on any atom is -0.487 e. The number of methoxy groups -OCH3 is 1. The van der Waals surface area contributed by atoms with E-state index in [-0.39, 0.29) is 17.2 Å². The number of benzene rings is 3. The van der Waals surface area contributed by atoms with E-state index in [4.69, 9.17) is 37.7 Å². The fourth-order valence-electron chi connectivity index (χ4n) is 4.70. The Labute approximate surface area is 249 Å². The van der Waals surface area contributed by atoms with Gasteiger partial charge in [-0.2, -0.15) is 5.26 Å². The van der Waals surface area contributed by atoms with Gasteiger partial charge >= 0.3 is 5.97 Å². The zero-order valence-corrected chi connectivity index (χ0v) is 24.4. The van der Waals surface area contributed by atoms with E-state index in [1.54, 1.807) is 36.4 Å². The minimum atomic E-state index is -0.710. The Morgan fingerprint density at radius 2 is 1.88 bits per heavy atom. The zero-order chi connectivity index (χ0) is 29.1. The molecule has 0 N–H and O–H groups in total. The first kappa shape index (κ1) is 28.4. The molecule has 1 aromatic heterocycles. The number of hydrogen-bond acceptors (Lipinski definition) is 7. The van der Waals surface area contributed by atoms with Crippen molar-refractivity contribution in [3.63, 3.8) is 0 Å². The molecule has 0 saturated carbocycles. The van der Waals surface area contributed by atoms with Crippen LogP contribution in [-0.2, 0) is 16.1 Å². The van der Waals surface area contributed by atoms with Crippen molar-refractivity contribution < 1.29 is 14.3 Å². The molecule has 2 heterocycles. The first-order chi connectivity index (χ1) is 19.9. The summed E-state index contributed by atoms with van der Waals surface area (Å²) in [6.07, 6.45) is 2.13. The highest BCUT2D eigenvalue weighted by Gasteiger charge is 2.33. The molecule has 0 spiro atoms. The lowest BCUT2D eigenvalue weighted by Gasteiger charge is -2.25. The first-order valence-electron chi connectivity index (χ1n) is 12.6. The number of ether oxygens (including phenoxy) is 2. The van der Waals surface area contributed by atoms with Crippen LogP contribution in [0.2, 0.25) is 10.0 Å². The van der Waals surface area contributed by atoms with E-state index in [9.17, 15) is 14.9 Å². The number of allylic oxidation sites excluding steroid dienone is 1. The van der Waals surface area contributed by atoms with Crippen LogP contribution in [0.15, 0.2) is 87.8 Å². The second kappa shape index (κ2) is 12.1. The molecule has 1 aliphatic heterocycles. The molecule has 3 aromatic carbocycles. The van der Waals surface area contributed by atoms with Gasteiger partial charge in [-0.05, 0) is 36.3 Å². The number of aromatic nitrogens is 1. The molecule has 0 amide bonds. The number of fused-ring (bicyclic) bond motifs is 1. The molecule has 7 nitrogen and oxygen atoms in total. The number of esters is 1. The van der Waals surface area contributed by atoms with Crippen LogP contribution in [-0.4, -0.2) is 17.6 Å². The van der Waals surface area contributed by atoms with E-state index in [2.05, 4.69) is 6.07 Å². The van der Waals surface area contributed by atoms with Crippen molar-refractivity contribution in [2.75, 3.05) is 7.11 Å². The molecule has 5 rings (SSSR count). The zero-order valence-electron chi connectivity index (χ0n) is 22.1. The van der Waals surface area contributed by atoms with Crippen molar-refractivity contribution in [3.05, 3.63) is 130 Å². The fourth-order valence-corrected chi connectivity index (χ4v) is 6.28. The fraction of sp³-hybridized carbons (Fsp3) is 0.161. The van der Waals surface area contributed by atoms with E-state index in [1.165, 1.54) is 23.0 Å². The lowest BCUT2D eigenvalue weighted by Crippen LogP contribution is -2.40. The maximum absolute atomic E-state index is 14.0. The van der Waals surface area contributed by atoms with E-state index >= 15 is 0 Å². The van der Waals surface area contributed by atoms with E-state index < -0.39 is 12.0 Å². The molecular weight excluding hydrogens is 581 g/mol. The van der Waals surface area contributed by atoms with Gasteiger partial charge < -0.3 is 9.47 Å². The third-order valence-corrected chi connectivity index (χ3v) is 8.08. The molecule has 0 fully saturated rings. The maximum Gasteiger partial charge on any atom is 0.338 e. The normalized spacial score (nSPS) is 14.7. The van der Waals surface area contributed by atoms with Crippen LogP contribution in [0.1, 0.15) is 41.6 Å². The number of nitriles is 1. The molecule has 0 saturated heterocycles. The van der Waals surface area contributed by atoms with Gasteiger partial charge in [-0.25, -0.2) is 9.79 Å². The monoisotopic (exact) mass is 603 g/mol. The van der Waals surface area contributed by atoms with Crippen molar-refractivity contribution >= 4 is 46.6 Å². The SMILES string of the molecule is CCC1=C(C(=O)OC)[C@@H](c2ccccc2)n2c(s/c(=C/c3cc(Cl)cc(Cl)c3OCc3ccccc3C#N)c2=O)=N1. The standard InChI is InChI=1S/C31H23Cl2N3O4S/c1-3-24-26(30(38)39-2)27(18-9-5-4-6-10-18)36-29(37)25(41-31(36)35-24)14-21-13-22(32)15-23(33)28(21)40-17-20-12-8-7-11-19(20)16-34/h4-15,27H,3,17H2,1-2H3/b25-14+/t27-/m1/s1. The van der Waals surface area contributed by atoms with Gasteiger partial charge in [-0.1, -0.05) is 90.0 Å². The summed E-state index contributed by atoms with van der Waals surface area (Å²) < 4.78 is 13.1. The molecule has 41 heavy (non-hydrogen) atoms. The predicted octanol–water partition coefficient (Wildman–Crippen LogP) is 5.56. The predicted molar refractivity (Wildman–Crippen MR) is 159 cm³/mol. The van der Waals surface area contributed by atoms with Gasteiger partial charge in [0.15, 0.2) is 4.80 Å². The molecule has 10 heteroatoms. The van der Waals surface area contributed by atoms with Gasteiger partial charge in [0.25, 0.3) is 5.56 Å². The smallest absolute Gasteiger partial charge is 0.338 e. The third kappa shape index (κ3) is 5.57. The number of carbonyl (C=O) groups is 1. The van der Waals surface area contributed by atoms with Crippen molar-refractivity contribution in [2.24, 2.45) is 4.99 Å².